The molecule has 0 spiro atoms. The molecular weight excluding hydrogens is 216 g/mol. The predicted octanol–water partition coefficient (Wildman–Crippen LogP) is 2.87. The summed E-state index contributed by atoms with van der Waals surface area (Å²) in [6, 6.07) is 6.28. The van der Waals surface area contributed by atoms with Crippen LogP contribution in [-0.2, 0) is 0 Å². The first-order valence-electron chi connectivity index (χ1n) is 5.75. The van der Waals surface area contributed by atoms with Crippen LogP contribution in [0.5, 0.6) is 0 Å². The Balaban J connectivity index is 2.99. The van der Waals surface area contributed by atoms with Crippen molar-refractivity contribution < 1.29 is 0 Å². The summed E-state index contributed by atoms with van der Waals surface area (Å²) in [6.45, 7) is 8.53. The van der Waals surface area contributed by atoms with Crippen molar-refractivity contribution in [3.63, 3.8) is 0 Å². The van der Waals surface area contributed by atoms with Gasteiger partial charge >= 0.3 is 0 Å². The average Bonchev–Trinajstić information content (AvgIpc) is 2.25. The Bertz CT molecular complexity index is 374. The molecule has 2 N–H and O–H groups in total. The first-order chi connectivity index (χ1) is 7.60. The number of hydrogen-bond acceptors (Lipinski definition) is 2. The van der Waals surface area contributed by atoms with E-state index in [1.165, 1.54) is 5.69 Å². The Morgan fingerprint density at radius 1 is 1.38 bits per heavy atom. The van der Waals surface area contributed by atoms with Gasteiger partial charge in [-0.05, 0) is 44.0 Å². The molecule has 0 saturated heterocycles. The smallest absolute Gasteiger partial charge is 0.104 e. The molecule has 2 nitrogen and oxygen atoms in total. The van der Waals surface area contributed by atoms with Crippen LogP contribution in [0, 0.1) is 6.92 Å². The molecule has 0 aliphatic rings. The molecule has 0 fully saturated rings. The number of nitrogens with zero attached hydrogens (tertiary/aromatic N) is 1. The normalized spacial score (nSPS) is 10.2. The first-order valence-corrected chi connectivity index (χ1v) is 6.16. The molecule has 0 aliphatic carbocycles. The Kier molecular flexibility index (Phi) is 4.74. The molecule has 1 aromatic rings. The number of rotatable bonds is 5. The lowest BCUT2D eigenvalue weighted by Gasteiger charge is -2.23. The van der Waals surface area contributed by atoms with Gasteiger partial charge in [0.1, 0.15) is 4.99 Å². The van der Waals surface area contributed by atoms with Crippen LogP contribution in [0.2, 0.25) is 0 Å². The molecule has 1 rings (SSSR count). The van der Waals surface area contributed by atoms with Crippen LogP contribution in [0.15, 0.2) is 18.2 Å². The Morgan fingerprint density at radius 3 is 2.50 bits per heavy atom. The van der Waals surface area contributed by atoms with E-state index in [1.807, 2.05) is 6.07 Å². The Labute approximate surface area is 103 Å². The molecule has 0 saturated carbocycles. The van der Waals surface area contributed by atoms with Crippen LogP contribution in [0.3, 0.4) is 0 Å². The molecule has 0 amide bonds. The van der Waals surface area contributed by atoms with E-state index < -0.39 is 0 Å². The fourth-order valence-electron chi connectivity index (χ4n) is 1.86. The number of hydrogen-bond donors (Lipinski definition) is 1. The van der Waals surface area contributed by atoms with Crippen molar-refractivity contribution >= 4 is 22.9 Å². The largest absolute Gasteiger partial charge is 0.389 e. The maximum absolute atomic E-state index is 5.65. The molecule has 3 heteroatoms. The molecule has 0 atom stereocenters. The predicted molar refractivity (Wildman–Crippen MR) is 75.2 cm³/mol. The maximum atomic E-state index is 5.65. The number of aryl methyl sites for hydroxylation is 1. The SMILES string of the molecule is CCCN(CC)c1ccc(C(N)=S)c(C)c1. The quantitative estimate of drug-likeness (QED) is 0.797. The number of thiocarbonyl (C=S) groups is 1. The van der Waals surface area contributed by atoms with Crippen LogP contribution in [-0.4, -0.2) is 18.1 Å². The summed E-state index contributed by atoms with van der Waals surface area (Å²) in [7, 11) is 0. The summed E-state index contributed by atoms with van der Waals surface area (Å²) in [5, 5.41) is 0. The first kappa shape index (κ1) is 13.0. The van der Waals surface area contributed by atoms with E-state index in [4.69, 9.17) is 18.0 Å². The van der Waals surface area contributed by atoms with Crippen molar-refractivity contribution in [1.29, 1.82) is 0 Å². The van der Waals surface area contributed by atoms with Crippen molar-refractivity contribution in [3.8, 4) is 0 Å². The van der Waals surface area contributed by atoms with E-state index in [9.17, 15) is 0 Å². The summed E-state index contributed by atoms with van der Waals surface area (Å²) >= 11 is 5.00. The van der Waals surface area contributed by atoms with Gasteiger partial charge in [0.25, 0.3) is 0 Å². The van der Waals surface area contributed by atoms with E-state index in [0.29, 0.717) is 4.99 Å². The minimum atomic E-state index is 0.475. The van der Waals surface area contributed by atoms with Gasteiger partial charge in [0.15, 0.2) is 0 Å². The van der Waals surface area contributed by atoms with Gasteiger partial charge in [0, 0.05) is 24.3 Å². The molecule has 16 heavy (non-hydrogen) atoms. The highest BCUT2D eigenvalue weighted by Gasteiger charge is 2.06. The minimum absolute atomic E-state index is 0.475. The molecule has 1 aromatic carbocycles. The lowest BCUT2D eigenvalue weighted by molar-refractivity contribution is 0.791. The third kappa shape index (κ3) is 2.95. The van der Waals surface area contributed by atoms with Gasteiger partial charge in [0.05, 0.1) is 0 Å². The zero-order chi connectivity index (χ0) is 12.1. The zero-order valence-electron chi connectivity index (χ0n) is 10.3. The molecule has 88 valence electrons. The van der Waals surface area contributed by atoms with Gasteiger partial charge in [-0.2, -0.15) is 0 Å². The van der Waals surface area contributed by atoms with Crippen molar-refractivity contribution in [2.75, 3.05) is 18.0 Å². The van der Waals surface area contributed by atoms with Crippen molar-refractivity contribution in [2.45, 2.75) is 27.2 Å². The summed E-state index contributed by atoms with van der Waals surface area (Å²) in [5.74, 6) is 0. The van der Waals surface area contributed by atoms with Gasteiger partial charge in [-0.1, -0.05) is 19.1 Å². The van der Waals surface area contributed by atoms with Crippen LogP contribution < -0.4 is 10.6 Å². The van der Waals surface area contributed by atoms with Crippen molar-refractivity contribution in [1.82, 2.24) is 0 Å². The van der Waals surface area contributed by atoms with Gasteiger partial charge in [0.2, 0.25) is 0 Å². The second-order valence-corrected chi connectivity index (χ2v) is 4.38. The molecule has 0 aliphatic heterocycles. The van der Waals surface area contributed by atoms with E-state index in [1.54, 1.807) is 0 Å². The standard InChI is InChI=1S/C13H20N2S/c1-4-8-15(5-2)11-6-7-12(13(14)16)10(3)9-11/h6-7,9H,4-5,8H2,1-3H3,(H2,14,16). The number of nitrogens with two attached hydrogens (primary N) is 1. The second-order valence-electron chi connectivity index (χ2n) is 3.94. The van der Waals surface area contributed by atoms with Crippen LogP contribution in [0.1, 0.15) is 31.4 Å². The lowest BCUT2D eigenvalue weighted by atomic mass is 10.1. The Morgan fingerprint density at radius 2 is 2.06 bits per heavy atom. The van der Waals surface area contributed by atoms with Gasteiger partial charge in [-0.15, -0.1) is 0 Å². The molecule has 0 unspecified atom stereocenters. The number of anilines is 1. The van der Waals surface area contributed by atoms with Gasteiger partial charge < -0.3 is 10.6 Å². The summed E-state index contributed by atoms with van der Waals surface area (Å²) < 4.78 is 0. The highest BCUT2D eigenvalue weighted by Crippen LogP contribution is 2.19. The lowest BCUT2D eigenvalue weighted by Crippen LogP contribution is -2.23. The molecule has 0 aromatic heterocycles. The van der Waals surface area contributed by atoms with E-state index in [0.717, 1.165) is 30.6 Å². The summed E-state index contributed by atoms with van der Waals surface area (Å²) in [5.41, 5.74) is 9.03. The zero-order valence-corrected chi connectivity index (χ0v) is 11.1. The molecule has 0 heterocycles. The van der Waals surface area contributed by atoms with Crippen LogP contribution in [0.4, 0.5) is 5.69 Å². The van der Waals surface area contributed by atoms with Crippen molar-refractivity contribution in [3.05, 3.63) is 29.3 Å². The molecule has 0 radical (unpaired) electrons. The topological polar surface area (TPSA) is 29.3 Å². The highest BCUT2D eigenvalue weighted by atomic mass is 32.1. The van der Waals surface area contributed by atoms with Crippen LogP contribution in [0.25, 0.3) is 0 Å². The monoisotopic (exact) mass is 236 g/mol. The molecular formula is C13H20N2S. The Hall–Kier alpha value is -1.09. The fraction of sp³-hybridized carbons (Fsp3) is 0.462. The summed E-state index contributed by atoms with van der Waals surface area (Å²) in [4.78, 5) is 2.83. The van der Waals surface area contributed by atoms with Crippen molar-refractivity contribution in [2.24, 2.45) is 5.73 Å². The third-order valence-electron chi connectivity index (χ3n) is 2.72. The van der Waals surface area contributed by atoms with Crippen LogP contribution >= 0.6 is 12.2 Å². The van der Waals surface area contributed by atoms with E-state index >= 15 is 0 Å². The van der Waals surface area contributed by atoms with Gasteiger partial charge in [-0.3, -0.25) is 0 Å². The number of benzene rings is 1. The van der Waals surface area contributed by atoms with Gasteiger partial charge in [-0.25, -0.2) is 0 Å². The minimum Gasteiger partial charge on any atom is -0.389 e. The average molecular weight is 236 g/mol. The maximum Gasteiger partial charge on any atom is 0.104 e. The van der Waals surface area contributed by atoms with E-state index in [2.05, 4.69) is 37.8 Å². The fourth-order valence-corrected chi connectivity index (χ4v) is 2.09. The van der Waals surface area contributed by atoms with E-state index in [-0.39, 0.29) is 0 Å². The second kappa shape index (κ2) is 5.85. The third-order valence-corrected chi connectivity index (χ3v) is 2.94. The highest BCUT2D eigenvalue weighted by molar-refractivity contribution is 7.80. The summed E-state index contributed by atoms with van der Waals surface area (Å²) in [6.07, 6.45) is 1.16. The molecule has 0 bridgehead atoms.